The van der Waals surface area contributed by atoms with E-state index in [2.05, 4.69) is 18.8 Å². The minimum Gasteiger partial charge on any atom is -0.359 e. The predicted molar refractivity (Wildman–Crippen MR) is 44.9 cm³/mol. The van der Waals surface area contributed by atoms with Gasteiger partial charge >= 0.3 is 0 Å². The standard InChI is InChI=1S/C9H13NO/c1-6(2)8-4-9(7(3)11)10-5-8/h4-6,10H,1-3H3. The number of hydrogen-bond donors (Lipinski definition) is 1. The number of carbonyl (C=O) groups is 1. The van der Waals surface area contributed by atoms with E-state index in [4.69, 9.17) is 0 Å². The molecule has 1 aromatic rings. The lowest BCUT2D eigenvalue weighted by Gasteiger charge is -1.96. The van der Waals surface area contributed by atoms with E-state index in [9.17, 15) is 4.79 Å². The summed E-state index contributed by atoms with van der Waals surface area (Å²) in [5.41, 5.74) is 1.89. The van der Waals surface area contributed by atoms with E-state index in [0.717, 1.165) is 0 Å². The summed E-state index contributed by atoms with van der Waals surface area (Å²) in [4.78, 5) is 13.8. The second-order valence-electron chi connectivity index (χ2n) is 3.06. The molecule has 1 rings (SSSR count). The molecule has 0 radical (unpaired) electrons. The number of hydrogen-bond acceptors (Lipinski definition) is 1. The number of Topliss-reactive ketones (excluding diaryl/α,β-unsaturated/α-hetero) is 1. The molecule has 1 N–H and O–H groups in total. The molecular weight excluding hydrogens is 138 g/mol. The molecule has 60 valence electrons. The van der Waals surface area contributed by atoms with Crippen LogP contribution in [0.2, 0.25) is 0 Å². The molecule has 11 heavy (non-hydrogen) atoms. The van der Waals surface area contributed by atoms with Crippen molar-refractivity contribution in [3.05, 3.63) is 23.5 Å². The molecule has 0 aliphatic carbocycles. The van der Waals surface area contributed by atoms with Crippen molar-refractivity contribution in [2.45, 2.75) is 26.7 Å². The van der Waals surface area contributed by atoms with E-state index in [-0.39, 0.29) is 5.78 Å². The van der Waals surface area contributed by atoms with Crippen LogP contribution in [0, 0.1) is 0 Å². The Hall–Kier alpha value is -1.05. The van der Waals surface area contributed by atoms with Crippen LogP contribution >= 0.6 is 0 Å². The molecular formula is C9H13NO. The molecule has 2 heteroatoms. The summed E-state index contributed by atoms with van der Waals surface area (Å²) in [5, 5.41) is 0. The van der Waals surface area contributed by atoms with Crippen LogP contribution in [0.5, 0.6) is 0 Å². The van der Waals surface area contributed by atoms with Crippen LogP contribution in [0.4, 0.5) is 0 Å². The monoisotopic (exact) mass is 151 g/mol. The van der Waals surface area contributed by atoms with Gasteiger partial charge in [0.15, 0.2) is 5.78 Å². The minimum absolute atomic E-state index is 0.0944. The van der Waals surface area contributed by atoms with Gasteiger partial charge in [0.2, 0.25) is 0 Å². The highest BCUT2D eigenvalue weighted by Crippen LogP contribution is 2.14. The number of rotatable bonds is 2. The maximum absolute atomic E-state index is 10.9. The second-order valence-corrected chi connectivity index (χ2v) is 3.06. The molecule has 0 saturated heterocycles. The van der Waals surface area contributed by atoms with E-state index < -0.39 is 0 Å². The van der Waals surface area contributed by atoms with E-state index >= 15 is 0 Å². The Morgan fingerprint density at radius 2 is 2.18 bits per heavy atom. The van der Waals surface area contributed by atoms with Gasteiger partial charge < -0.3 is 4.98 Å². The second kappa shape index (κ2) is 2.91. The van der Waals surface area contributed by atoms with Crippen molar-refractivity contribution in [2.24, 2.45) is 0 Å². The van der Waals surface area contributed by atoms with Crippen molar-refractivity contribution < 1.29 is 4.79 Å². The Morgan fingerprint density at radius 3 is 2.45 bits per heavy atom. The summed E-state index contributed by atoms with van der Waals surface area (Å²) in [7, 11) is 0. The first-order chi connectivity index (χ1) is 5.11. The zero-order chi connectivity index (χ0) is 8.43. The van der Waals surface area contributed by atoms with Crippen LogP contribution in [-0.2, 0) is 0 Å². The molecule has 1 heterocycles. The maximum atomic E-state index is 10.9. The summed E-state index contributed by atoms with van der Waals surface area (Å²) in [6.07, 6.45) is 1.89. The Labute approximate surface area is 66.6 Å². The zero-order valence-corrected chi connectivity index (χ0v) is 7.14. The number of aromatic nitrogens is 1. The van der Waals surface area contributed by atoms with Crippen molar-refractivity contribution in [2.75, 3.05) is 0 Å². The predicted octanol–water partition coefficient (Wildman–Crippen LogP) is 2.34. The molecule has 0 unspecified atom stereocenters. The summed E-state index contributed by atoms with van der Waals surface area (Å²) < 4.78 is 0. The highest BCUT2D eigenvalue weighted by Gasteiger charge is 2.04. The van der Waals surface area contributed by atoms with Gasteiger partial charge in [-0.25, -0.2) is 0 Å². The van der Waals surface area contributed by atoms with Crippen molar-refractivity contribution in [3.8, 4) is 0 Å². The van der Waals surface area contributed by atoms with Gasteiger partial charge in [-0.1, -0.05) is 13.8 Å². The highest BCUT2D eigenvalue weighted by atomic mass is 16.1. The SMILES string of the molecule is CC(=O)c1cc(C(C)C)c[nH]1. The molecule has 0 saturated carbocycles. The highest BCUT2D eigenvalue weighted by molar-refractivity contribution is 5.92. The third-order valence-corrected chi connectivity index (χ3v) is 1.75. The Bertz CT molecular complexity index is 260. The number of nitrogens with one attached hydrogen (secondary N) is 1. The molecule has 0 aliphatic heterocycles. The van der Waals surface area contributed by atoms with Gasteiger partial charge in [0.25, 0.3) is 0 Å². The summed E-state index contributed by atoms with van der Waals surface area (Å²) in [6, 6.07) is 1.91. The van der Waals surface area contributed by atoms with Gasteiger partial charge in [-0.3, -0.25) is 4.79 Å². The Kier molecular flexibility index (Phi) is 2.13. The van der Waals surface area contributed by atoms with Gasteiger partial charge in [0.1, 0.15) is 0 Å². The average molecular weight is 151 g/mol. The molecule has 1 aromatic heterocycles. The summed E-state index contributed by atoms with van der Waals surface area (Å²) >= 11 is 0. The topological polar surface area (TPSA) is 32.9 Å². The third kappa shape index (κ3) is 1.70. The van der Waals surface area contributed by atoms with E-state index in [1.54, 1.807) is 6.92 Å². The molecule has 0 bridgehead atoms. The number of aromatic amines is 1. The molecule has 0 atom stereocenters. The van der Waals surface area contributed by atoms with E-state index in [0.29, 0.717) is 11.6 Å². The number of carbonyl (C=O) groups excluding carboxylic acids is 1. The van der Waals surface area contributed by atoms with Gasteiger partial charge in [0, 0.05) is 13.1 Å². The fourth-order valence-electron chi connectivity index (χ4n) is 0.948. The van der Waals surface area contributed by atoms with Gasteiger partial charge in [-0.05, 0) is 17.5 Å². The first-order valence-electron chi connectivity index (χ1n) is 3.80. The Balaban J connectivity index is 2.90. The first-order valence-corrected chi connectivity index (χ1v) is 3.80. The number of ketones is 1. The zero-order valence-electron chi connectivity index (χ0n) is 7.14. The van der Waals surface area contributed by atoms with Crippen LogP contribution < -0.4 is 0 Å². The fourth-order valence-corrected chi connectivity index (χ4v) is 0.948. The van der Waals surface area contributed by atoms with E-state index in [1.165, 1.54) is 5.56 Å². The Morgan fingerprint density at radius 1 is 1.55 bits per heavy atom. The van der Waals surface area contributed by atoms with Crippen molar-refractivity contribution in [3.63, 3.8) is 0 Å². The fraction of sp³-hybridized carbons (Fsp3) is 0.444. The molecule has 0 aliphatic rings. The lowest BCUT2D eigenvalue weighted by molar-refractivity contribution is 0.101. The van der Waals surface area contributed by atoms with Crippen molar-refractivity contribution in [1.29, 1.82) is 0 Å². The molecule has 0 aromatic carbocycles. The van der Waals surface area contributed by atoms with Gasteiger partial charge in [-0.2, -0.15) is 0 Å². The summed E-state index contributed by atoms with van der Waals surface area (Å²) in [6.45, 7) is 5.77. The number of H-pyrrole nitrogens is 1. The average Bonchev–Trinajstić information content (AvgIpc) is 2.33. The molecule has 0 fully saturated rings. The van der Waals surface area contributed by atoms with Crippen molar-refractivity contribution in [1.82, 2.24) is 4.98 Å². The normalized spacial score (nSPS) is 10.5. The maximum Gasteiger partial charge on any atom is 0.175 e. The lowest BCUT2D eigenvalue weighted by atomic mass is 10.1. The van der Waals surface area contributed by atoms with Crippen LogP contribution in [0.25, 0.3) is 0 Å². The van der Waals surface area contributed by atoms with Crippen LogP contribution in [0.3, 0.4) is 0 Å². The first kappa shape index (κ1) is 8.05. The van der Waals surface area contributed by atoms with Gasteiger partial charge in [0.05, 0.1) is 5.69 Å². The smallest absolute Gasteiger partial charge is 0.175 e. The third-order valence-electron chi connectivity index (χ3n) is 1.75. The van der Waals surface area contributed by atoms with E-state index in [1.807, 2.05) is 12.3 Å². The van der Waals surface area contributed by atoms with Crippen molar-refractivity contribution >= 4 is 5.78 Å². The van der Waals surface area contributed by atoms with Crippen LogP contribution in [0.15, 0.2) is 12.3 Å². The van der Waals surface area contributed by atoms with Gasteiger partial charge in [-0.15, -0.1) is 0 Å². The lowest BCUT2D eigenvalue weighted by Crippen LogP contribution is -1.90. The molecule has 0 amide bonds. The minimum atomic E-state index is 0.0944. The van der Waals surface area contributed by atoms with Crippen LogP contribution in [-0.4, -0.2) is 10.8 Å². The molecule has 2 nitrogen and oxygen atoms in total. The summed E-state index contributed by atoms with van der Waals surface area (Å²) in [5.74, 6) is 0.580. The largest absolute Gasteiger partial charge is 0.359 e. The quantitative estimate of drug-likeness (QED) is 0.646. The molecule has 0 spiro atoms. The van der Waals surface area contributed by atoms with Crippen LogP contribution in [0.1, 0.15) is 42.7 Å².